The van der Waals surface area contributed by atoms with Crippen LogP contribution in [0.25, 0.3) is 10.8 Å². The third-order valence-corrected chi connectivity index (χ3v) is 5.29. The van der Waals surface area contributed by atoms with Gasteiger partial charge in [-0.2, -0.15) is 0 Å². The summed E-state index contributed by atoms with van der Waals surface area (Å²) in [6.07, 6.45) is 2.32. The van der Waals surface area contributed by atoms with Crippen molar-refractivity contribution in [3.05, 3.63) is 77.9 Å². The van der Waals surface area contributed by atoms with Gasteiger partial charge in [0.15, 0.2) is 0 Å². The molecule has 3 aromatic carbocycles. The minimum atomic E-state index is 0.142. The van der Waals surface area contributed by atoms with Gasteiger partial charge in [-0.15, -0.1) is 0 Å². The quantitative estimate of drug-likeness (QED) is 0.633. The maximum atomic E-state index is 12.7. The number of rotatable bonds is 4. The zero-order valence-corrected chi connectivity index (χ0v) is 15.7. The lowest BCUT2D eigenvalue weighted by molar-refractivity contribution is 0.0683. The molecule has 3 aromatic rings. The summed E-state index contributed by atoms with van der Waals surface area (Å²) < 4.78 is 6.04. The van der Waals surface area contributed by atoms with Gasteiger partial charge in [0, 0.05) is 24.0 Å². The van der Waals surface area contributed by atoms with Crippen molar-refractivity contribution in [1.82, 2.24) is 4.90 Å². The molecule has 0 spiro atoms. The first-order valence-electron chi connectivity index (χ1n) is 9.69. The molecule has 4 rings (SSSR count). The third kappa shape index (κ3) is 3.97. The number of amides is 1. The Balaban J connectivity index is 1.42. The van der Waals surface area contributed by atoms with E-state index in [1.165, 1.54) is 11.8 Å². The lowest BCUT2D eigenvalue weighted by Crippen LogP contribution is -2.39. The number of hydrogen-bond acceptors (Lipinski definition) is 2. The zero-order valence-electron chi connectivity index (χ0n) is 15.7. The second kappa shape index (κ2) is 7.83. The molecule has 1 aliphatic rings. The van der Waals surface area contributed by atoms with E-state index in [1.807, 2.05) is 53.4 Å². The summed E-state index contributed by atoms with van der Waals surface area (Å²) in [6, 6.07) is 22.1. The van der Waals surface area contributed by atoms with Crippen LogP contribution < -0.4 is 4.74 Å². The van der Waals surface area contributed by atoms with Gasteiger partial charge in [0.05, 0.1) is 0 Å². The van der Waals surface area contributed by atoms with E-state index in [4.69, 9.17) is 4.74 Å². The smallest absolute Gasteiger partial charge is 0.253 e. The van der Waals surface area contributed by atoms with Crippen molar-refractivity contribution < 1.29 is 9.53 Å². The van der Waals surface area contributed by atoms with Crippen molar-refractivity contribution in [2.45, 2.75) is 26.4 Å². The third-order valence-electron chi connectivity index (χ3n) is 5.29. The number of hydrogen-bond donors (Lipinski definition) is 0. The highest BCUT2D eigenvalue weighted by atomic mass is 16.5. The molecule has 0 radical (unpaired) electrons. The Bertz CT molecular complexity index is 927. The highest BCUT2D eigenvalue weighted by molar-refractivity contribution is 5.94. The lowest BCUT2D eigenvalue weighted by Gasteiger charge is -2.31. The molecule has 1 atom stereocenters. The molecule has 0 aromatic heterocycles. The molecule has 1 fully saturated rings. The van der Waals surface area contributed by atoms with Gasteiger partial charge in [-0.3, -0.25) is 4.79 Å². The summed E-state index contributed by atoms with van der Waals surface area (Å²) in [5.74, 6) is 1.62. The summed E-state index contributed by atoms with van der Waals surface area (Å²) in [4.78, 5) is 14.7. The average Bonchev–Trinajstić information content (AvgIpc) is 2.72. The minimum absolute atomic E-state index is 0.142. The van der Waals surface area contributed by atoms with Gasteiger partial charge < -0.3 is 9.64 Å². The molecule has 0 aliphatic carbocycles. The van der Waals surface area contributed by atoms with Gasteiger partial charge in [-0.1, -0.05) is 55.5 Å². The summed E-state index contributed by atoms with van der Waals surface area (Å²) >= 11 is 0. The van der Waals surface area contributed by atoms with Crippen molar-refractivity contribution in [1.29, 1.82) is 0 Å². The molecule has 0 bridgehead atoms. The summed E-state index contributed by atoms with van der Waals surface area (Å²) in [6.45, 7) is 4.44. The Morgan fingerprint density at radius 1 is 1.04 bits per heavy atom. The lowest BCUT2D eigenvalue weighted by atomic mass is 9.99. The van der Waals surface area contributed by atoms with E-state index in [0.29, 0.717) is 12.5 Å². The van der Waals surface area contributed by atoms with Crippen molar-refractivity contribution >= 4 is 16.7 Å². The summed E-state index contributed by atoms with van der Waals surface area (Å²) in [5.41, 5.74) is 1.82. The highest BCUT2D eigenvalue weighted by Crippen LogP contribution is 2.26. The summed E-state index contributed by atoms with van der Waals surface area (Å²) in [5, 5.41) is 2.29. The first kappa shape index (κ1) is 17.6. The van der Waals surface area contributed by atoms with Gasteiger partial charge >= 0.3 is 0 Å². The number of nitrogens with zero attached hydrogens (tertiary/aromatic N) is 1. The van der Waals surface area contributed by atoms with E-state index in [9.17, 15) is 4.79 Å². The van der Waals surface area contributed by atoms with Crippen LogP contribution in [0.1, 0.15) is 35.7 Å². The maximum Gasteiger partial charge on any atom is 0.253 e. The van der Waals surface area contributed by atoms with E-state index in [-0.39, 0.29) is 5.91 Å². The Labute approximate surface area is 160 Å². The molecule has 1 unspecified atom stereocenters. The van der Waals surface area contributed by atoms with E-state index in [1.54, 1.807) is 0 Å². The second-order valence-corrected chi connectivity index (χ2v) is 7.46. The number of carbonyl (C=O) groups is 1. The predicted octanol–water partition coefficient (Wildman–Crippen LogP) is 5.29. The van der Waals surface area contributed by atoms with Crippen LogP contribution in [0.2, 0.25) is 0 Å². The largest absolute Gasteiger partial charge is 0.488 e. The predicted molar refractivity (Wildman–Crippen MR) is 109 cm³/mol. The number of likely N-dealkylation sites (tertiary alicyclic amines) is 1. The monoisotopic (exact) mass is 359 g/mol. The van der Waals surface area contributed by atoms with Crippen LogP contribution >= 0.6 is 0 Å². The van der Waals surface area contributed by atoms with Crippen LogP contribution in [0.3, 0.4) is 0 Å². The Morgan fingerprint density at radius 3 is 2.63 bits per heavy atom. The van der Waals surface area contributed by atoms with Gasteiger partial charge in [0.2, 0.25) is 0 Å². The van der Waals surface area contributed by atoms with Gasteiger partial charge in [-0.05, 0) is 47.9 Å². The Hall–Kier alpha value is -2.81. The number of carbonyl (C=O) groups excluding carboxylic acids is 1. The normalized spacial score (nSPS) is 17.1. The summed E-state index contributed by atoms with van der Waals surface area (Å²) in [7, 11) is 0. The molecular weight excluding hydrogens is 334 g/mol. The molecule has 27 heavy (non-hydrogen) atoms. The number of ether oxygens (including phenoxy) is 1. The fourth-order valence-corrected chi connectivity index (χ4v) is 3.78. The molecular formula is C24H25NO2. The second-order valence-electron chi connectivity index (χ2n) is 7.46. The number of piperidine rings is 1. The zero-order chi connectivity index (χ0) is 18.6. The van der Waals surface area contributed by atoms with Gasteiger partial charge in [0.1, 0.15) is 12.4 Å². The van der Waals surface area contributed by atoms with Crippen LogP contribution in [0.15, 0.2) is 66.7 Å². The van der Waals surface area contributed by atoms with E-state index >= 15 is 0 Å². The van der Waals surface area contributed by atoms with Crippen LogP contribution in [-0.4, -0.2) is 23.9 Å². The molecule has 1 heterocycles. The molecule has 0 saturated carbocycles. The maximum absolute atomic E-state index is 12.7. The molecule has 1 amide bonds. The molecule has 1 saturated heterocycles. The van der Waals surface area contributed by atoms with E-state index < -0.39 is 0 Å². The topological polar surface area (TPSA) is 29.5 Å². The van der Waals surface area contributed by atoms with Crippen molar-refractivity contribution in [2.75, 3.05) is 13.1 Å². The molecule has 0 N–H and O–H groups in total. The molecule has 138 valence electrons. The van der Waals surface area contributed by atoms with Gasteiger partial charge in [-0.25, -0.2) is 0 Å². The SMILES string of the molecule is CC1CCCN(C(=O)c2ccc(COc3cccc4ccccc34)cc2)C1. The fourth-order valence-electron chi connectivity index (χ4n) is 3.78. The van der Waals surface area contributed by atoms with Crippen molar-refractivity contribution in [3.8, 4) is 5.75 Å². The number of fused-ring (bicyclic) bond motifs is 1. The fraction of sp³-hybridized carbons (Fsp3) is 0.292. The van der Waals surface area contributed by atoms with E-state index in [2.05, 4.69) is 25.1 Å². The van der Waals surface area contributed by atoms with Crippen LogP contribution in [0.5, 0.6) is 5.75 Å². The Kier molecular flexibility index (Phi) is 5.10. The van der Waals surface area contributed by atoms with Crippen molar-refractivity contribution in [3.63, 3.8) is 0 Å². The molecule has 3 nitrogen and oxygen atoms in total. The highest BCUT2D eigenvalue weighted by Gasteiger charge is 2.21. The average molecular weight is 359 g/mol. The molecule has 3 heteroatoms. The van der Waals surface area contributed by atoms with Gasteiger partial charge in [0.25, 0.3) is 5.91 Å². The first-order valence-corrected chi connectivity index (χ1v) is 9.69. The number of benzene rings is 3. The van der Waals surface area contributed by atoms with Crippen LogP contribution in [0.4, 0.5) is 0 Å². The van der Waals surface area contributed by atoms with Crippen LogP contribution in [0, 0.1) is 5.92 Å². The Morgan fingerprint density at radius 2 is 1.81 bits per heavy atom. The van der Waals surface area contributed by atoms with Crippen LogP contribution in [-0.2, 0) is 6.61 Å². The van der Waals surface area contributed by atoms with Crippen molar-refractivity contribution in [2.24, 2.45) is 5.92 Å². The minimum Gasteiger partial charge on any atom is -0.488 e. The first-order chi connectivity index (χ1) is 13.2. The standard InChI is InChI=1S/C24H25NO2/c1-18-6-5-15-25(16-18)24(26)21-13-11-19(12-14-21)17-27-23-10-4-8-20-7-2-3-9-22(20)23/h2-4,7-14,18H,5-6,15-17H2,1H3. The van der Waals surface area contributed by atoms with E-state index in [0.717, 1.165) is 41.8 Å². The molecule has 1 aliphatic heterocycles.